The Labute approximate surface area is 88.5 Å². The smallest absolute Gasteiger partial charge is 0.287 e. The maximum atomic E-state index is 12.2. The van der Waals surface area contributed by atoms with Crippen molar-refractivity contribution in [3.8, 4) is 0 Å². The highest BCUT2D eigenvalue weighted by molar-refractivity contribution is 5.47. The molecular weight excluding hydrogens is 203 g/mol. The van der Waals surface area contributed by atoms with Gasteiger partial charge in [-0.15, -0.1) is 0 Å². The number of aryl methyl sites for hydroxylation is 1. The first kappa shape index (κ1) is 13.8. The van der Waals surface area contributed by atoms with Gasteiger partial charge in [-0.05, 0) is 19.1 Å². The van der Waals surface area contributed by atoms with E-state index in [4.69, 9.17) is 0 Å². The van der Waals surface area contributed by atoms with Gasteiger partial charge >= 0.3 is 6.30 Å². The predicted molar refractivity (Wildman–Crippen MR) is 57.0 cm³/mol. The molecule has 0 saturated carbocycles. The van der Waals surface area contributed by atoms with Crippen LogP contribution in [-0.4, -0.2) is 13.3 Å². The van der Waals surface area contributed by atoms with Crippen molar-refractivity contribution in [2.75, 3.05) is 11.9 Å². The molecule has 0 spiro atoms. The Kier molecular flexibility index (Phi) is 5.19. The molecule has 0 amide bonds. The largest absolute Gasteiger partial charge is 0.484 e. The van der Waals surface area contributed by atoms with E-state index in [1.54, 1.807) is 12.1 Å². The lowest BCUT2D eigenvalue weighted by atomic mass is 10.2. The van der Waals surface area contributed by atoms with Gasteiger partial charge < -0.3 is 0 Å². The van der Waals surface area contributed by atoms with Crippen LogP contribution < -0.4 is 4.90 Å². The van der Waals surface area contributed by atoms with Crippen LogP contribution in [0.15, 0.2) is 24.3 Å². The Bertz CT molecular complexity index is 277. The summed E-state index contributed by atoms with van der Waals surface area (Å²) in [5, 5.41) is 0. The minimum atomic E-state index is -4.31. The van der Waals surface area contributed by atoms with E-state index < -0.39 is 6.30 Å². The third kappa shape index (κ3) is 4.23. The number of halogens is 3. The van der Waals surface area contributed by atoms with Crippen LogP contribution >= 0.6 is 0 Å². The van der Waals surface area contributed by atoms with Crippen LogP contribution in [0.25, 0.3) is 0 Å². The molecule has 0 atom stereocenters. The Morgan fingerprint density at radius 2 is 1.40 bits per heavy atom. The van der Waals surface area contributed by atoms with Crippen molar-refractivity contribution in [3.05, 3.63) is 29.8 Å². The maximum absolute atomic E-state index is 12.2. The molecule has 0 aliphatic rings. The molecule has 1 nitrogen and oxygen atoms in total. The van der Waals surface area contributed by atoms with Gasteiger partial charge in [0.25, 0.3) is 0 Å². The molecule has 0 heterocycles. The normalized spacial score (nSPS) is 10.3. The van der Waals surface area contributed by atoms with Gasteiger partial charge in [0.1, 0.15) is 0 Å². The van der Waals surface area contributed by atoms with Crippen LogP contribution in [0.2, 0.25) is 0 Å². The number of hydrogen-bond donors (Lipinski definition) is 0. The van der Waals surface area contributed by atoms with Crippen LogP contribution in [0.1, 0.15) is 19.4 Å². The predicted octanol–water partition coefficient (Wildman–Crippen LogP) is 3.98. The second-order valence-electron chi connectivity index (χ2n) is 2.86. The summed E-state index contributed by atoms with van der Waals surface area (Å²) in [5.74, 6) is 0. The number of nitrogens with zero attached hydrogens (tertiary/aromatic N) is 1. The summed E-state index contributed by atoms with van der Waals surface area (Å²) < 4.78 is 36.5. The zero-order valence-electron chi connectivity index (χ0n) is 9.39. The minimum Gasteiger partial charge on any atom is -0.287 e. The van der Waals surface area contributed by atoms with E-state index in [0.717, 1.165) is 12.6 Å². The first-order valence-electron chi connectivity index (χ1n) is 4.78. The molecule has 1 aromatic rings. The average Bonchev–Trinajstić information content (AvgIpc) is 2.20. The topological polar surface area (TPSA) is 3.24 Å². The fourth-order valence-corrected chi connectivity index (χ4v) is 0.915. The standard InChI is InChI=1S/C9H10F3N.C2H6/c1-7-3-5-8(6-4-7)13(2)9(10,11)12;1-2/h3-6H,1-2H3;1-2H3. The number of alkyl halides is 3. The second kappa shape index (κ2) is 5.63. The molecular formula is C11H16F3N. The van der Waals surface area contributed by atoms with E-state index in [2.05, 4.69) is 0 Å². The van der Waals surface area contributed by atoms with Crippen molar-refractivity contribution < 1.29 is 13.2 Å². The molecule has 0 aliphatic heterocycles. The molecule has 0 unspecified atom stereocenters. The SMILES string of the molecule is CC.Cc1ccc(N(C)C(F)(F)F)cc1. The minimum absolute atomic E-state index is 0.151. The summed E-state index contributed by atoms with van der Waals surface area (Å²) >= 11 is 0. The summed E-state index contributed by atoms with van der Waals surface area (Å²) in [6, 6.07) is 6.20. The second-order valence-corrected chi connectivity index (χ2v) is 2.86. The monoisotopic (exact) mass is 219 g/mol. The molecule has 4 heteroatoms. The van der Waals surface area contributed by atoms with Crippen molar-refractivity contribution in [2.45, 2.75) is 27.1 Å². The molecule has 0 aliphatic carbocycles. The van der Waals surface area contributed by atoms with Crippen molar-refractivity contribution in [3.63, 3.8) is 0 Å². The van der Waals surface area contributed by atoms with Crippen LogP contribution in [0.3, 0.4) is 0 Å². The van der Waals surface area contributed by atoms with E-state index in [0.29, 0.717) is 0 Å². The fraction of sp³-hybridized carbons (Fsp3) is 0.455. The Morgan fingerprint density at radius 1 is 1.00 bits per heavy atom. The summed E-state index contributed by atoms with van der Waals surface area (Å²) in [7, 11) is 1.00. The van der Waals surface area contributed by atoms with Crippen LogP contribution in [0.5, 0.6) is 0 Å². The number of hydrogen-bond acceptors (Lipinski definition) is 1. The Balaban J connectivity index is 0.000000921. The zero-order valence-corrected chi connectivity index (χ0v) is 9.39. The van der Waals surface area contributed by atoms with E-state index in [1.165, 1.54) is 12.1 Å². The number of anilines is 1. The van der Waals surface area contributed by atoms with Crippen LogP contribution in [-0.2, 0) is 0 Å². The summed E-state index contributed by atoms with van der Waals surface area (Å²) in [4.78, 5) is 0.284. The third-order valence-corrected chi connectivity index (χ3v) is 1.80. The molecule has 15 heavy (non-hydrogen) atoms. The van der Waals surface area contributed by atoms with Crippen molar-refractivity contribution >= 4 is 5.69 Å². The van der Waals surface area contributed by atoms with Gasteiger partial charge in [-0.2, -0.15) is 13.2 Å². The Hall–Kier alpha value is -1.19. The third-order valence-electron chi connectivity index (χ3n) is 1.80. The molecule has 0 N–H and O–H groups in total. The molecule has 0 saturated heterocycles. The van der Waals surface area contributed by atoms with Crippen LogP contribution in [0.4, 0.5) is 18.9 Å². The summed E-state index contributed by atoms with van der Waals surface area (Å²) in [6.45, 7) is 5.83. The summed E-state index contributed by atoms with van der Waals surface area (Å²) in [5.41, 5.74) is 1.09. The lowest BCUT2D eigenvalue weighted by Crippen LogP contribution is -2.33. The van der Waals surface area contributed by atoms with Gasteiger partial charge in [-0.1, -0.05) is 31.5 Å². The highest BCUT2D eigenvalue weighted by Gasteiger charge is 2.34. The fourth-order valence-electron chi connectivity index (χ4n) is 0.915. The quantitative estimate of drug-likeness (QED) is 0.646. The zero-order chi connectivity index (χ0) is 12.1. The maximum Gasteiger partial charge on any atom is 0.484 e. The molecule has 0 bridgehead atoms. The first-order chi connectivity index (χ1) is 6.91. The highest BCUT2D eigenvalue weighted by Crippen LogP contribution is 2.26. The lowest BCUT2D eigenvalue weighted by molar-refractivity contribution is -0.125. The van der Waals surface area contributed by atoms with Crippen LogP contribution in [0, 0.1) is 6.92 Å². The highest BCUT2D eigenvalue weighted by atomic mass is 19.4. The molecule has 86 valence electrons. The van der Waals surface area contributed by atoms with E-state index in [-0.39, 0.29) is 10.6 Å². The molecule has 0 aromatic heterocycles. The van der Waals surface area contributed by atoms with Crippen molar-refractivity contribution in [2.24, 2.45) is 0 Å². The lowest BCUT2D eigenvalue weighted by Gasteiger charge is -2.21. The van der Waals surface area contributed by atoms with E-state index in [9.17, 15) is 13.2 Å². The first-order valence-corrected chi connectivity index (χ1v) is 4.78. The van der Waals surface area contributed by atoms with Gasteiger partial charge in [-0.25, -0.2) is 0 Å². The molecule has 1 aromatic carbocycles. The number of rotatable bonds is 1. The molecule has 0 radical (unpaired) electrons. The van der Waals surface area contributed by atoms with E-state index >= 15 is 0 Å². The van der Waals surface area contributed by atoms with Gasteiger partial charge in [0.2, 0.25) is 0 Å². The average molecular weight is 219 g/mol. The van der Waals surface area contributed by atoms with Gasteiger partial charge in [0, 0.05) is 12.7 Å². The van der Waals surface area contributed by atoms with Gasteiger partial charge in [0.15, 0.2) is 0 Å². The van der Waals surface area contributed by atoms with Gasteiger partial charge in [-0.3, -0.25) is 4.90 Å². The number of benzene rings is 1. The summed E-state index contributed by atoms with van der Waals surface area (Å²) in [6.07, 6.45) is -4.31. The van der Waals surface area contributed by atoms with Crippen molar-refractivity contribution in [1.29, 1.82) is 0 Å². The van der Waals surface area contributed by atoms with Crippen molar-refractivity contribution in [1.82, 2.24) is 0 Å². The molecule has 1 rings (SSSR count). The van der Waals surface area contributed by atoms with Gasteiger partial charge in [0.05, 0.1) is 0 Å². The molecule has 0 fully saturated rings. The van der Waals surface area contributed by atoms with E-state index in [1.807, 2.05) is 20.8 Å². The Morgan fingerprint density at radius 3 is 1.73 bits per heavy atom.